The minimum atomic E-state index is -1.95. The second-order valence-corrected chi connectivity index (χ2v) is 9.38. The molecule has 2 aromatic heterocycles. The van der Waals surface area contributed by atoms with Gasteiger partial charge < -0.3 is 35.3 Å². The lowest BCUT2D eigenvalue weighted by atomic mass is 9.86. The summed E-state index contributed by atoms with van der Waals surface area (Å²) < 4.78 is 12.2. The summed E-state index contributed by atoms with van der Waals surface area (Å²) in [5, 5.41) is 23.6. The Bertz CT molecular complexity index is 1640. The van der Waals surface area contributed by atoms with Crippen molar-refractivity contribution >= 4 is 28.7 Å². The molecule has 5 rings (SSSR count). The number of carboxylic acid groups (broad SMARTS) is 1. The molecule has 4 heterocycles. The number of hydrogen-bond donors (Lipinski definition) is 4. The van der Waals surface area contributed by atoms with Crippen molar-refractivity contribution in [2.45, 2.75) is 38.6 Å². The summed E-state index contributed by atoms with van der Waals surface area (Å²) in [5.74, 6) is -2.00. The van der Waals surface area contributed by atoms with Gasteiger partial charge in [0.1, 0.15) is 19.0 Å². The quantitative estimate of drug-likeness (QED) is 0.185. The Kier molecular flexibility index (Phi) is 6.44. The van der Waals surface area contributed by atoms with E-state index in [1.54, 1.807) is 31.2 Å². The Hall–Kier alpha value is -4.55. The Morgan fingerprint density at radius 3 is 2.74 bits per heavy atom. The number of carbonyl (C=O) groups excluding carboxylic acids is 2. The Balaban J connectivity index is 1.67. The van der Waals surface area contributed by atoms with Crippen molar-refractivity contribution in [1.29, 1.82) is 0 Å². The van der Waals surface area contributed by atoms with Crippen LogP contribution in [-0.2, 0) is 44.4 Å². The fourth-order valence-electron chi connectivity index (χ4n) is 4.92. The molecule has 202 valence electrons. The van der Waals surface area contributed by atoms with Crippen molar-refractivity contribution in [2.75, 3.05) is 13.2 Å². The third-order valence-corrected chi connectivity index (χ3v) is 7.14. The van der Waals surface area contributed by atoms with E-state index >= 15 is 0 Å². The first-order valence-electron chi connectivity index (χ1n) is 12.2. The van der Waals surface area contributed by atoms with Crippen LogP contribution in [0.25, 0.3) is 22.3 Å². The summed E-state index contributed by atoms with van der Waals surface area (Å²) in [7, 11) is 0. The summed E-state index contributed by atoms with van der Waals surface area (Å²) >= 11 is 0. The number of pyridine rings is 2. The summed E-state index contributed by atoms with van der Waals surface area (Å²) in [5.41, 5.74) is 6.17. The fourth-order valence-corrected chi connectivity index (χ4v) is 4.92. The van der Waals surface area contributed by atoms with Gasteiger partial charge in [-0.15, -0.1) is 0 Å². The topological polar surface area (TPSA) is 183 Å². The van der Waals surface area contributed by atoms with Crippen LogP contribution < -0.4 is 21.3 Å². The Morgan fingerprint density at radius 2 is 2.05 bits per heavy atom. The molecular formula is C27H26N4O8. The van der Waals surface area contributed by atoms with Crippen LogP contribution in [0.4, 0.5) is 0 Å². The second-order valence-electron chi connectivity index (χ2n) is 9.38. The number of rotatable bonds is 8. The molecule has 5 N–H and O–H groups in total. The summed E-state index contributed by atoms with van der Waals surface area (Å²) in [6.45, 7) is 4.61. The predicted molar refractivity (Wildman–Crippen MR) is 138 cm³/mol. The summed E-state index contributed by atoms with van der Waals surface area (Å²) in [6.07, 6.45) is 0.0210. The second kappa shape index (κ2) is 9.64. The van der Waals surface area contributed by atoms with Gasteiger partial charge in [0.25, 0.3) is 5.56 Å². The molecule has 0 saturated carbocycles. The first-order valence-corrected chi connectivity index (χ1v) is 12.2. The van der Waals surface area contributed by atoms with Gasteiger partial charge in [-0.25, -0.2) is 14.6 Å². The maximum absolute atomic E-state index is 13.5. The lowest BCUT2D eigenvalue weighted by molar-refractivity contribution is -0.172. The van der Waals surface area contributed by atoms with Gasteiger partial charge in [-0.05, 0) is 36.2 Å². The van der Waals surface area contributed by atoms with Crippen molar-refractivity contribution < 1.29 is 34.1 Å². The van der Waals surface area contributed by atoms with Gasteiger partial charge in [0.2, 0.25) is 5.91 Å². The van der Waals surface area contributed by atoms with Gasteiger partial charge in [0, 0.05) is 23.1 Å². The molecule has 0 aliphatic carbocycles. The molecule has 2 aliphatic heterocycles. The molecule has 12 heteroatoms. The molecule has 1 amide bonds. The zero-order valence-electron chi connectivity index (χ0n) is 21.1. The first-order chi connectivity index (χ1) is 18.6. The van der Waals surface area contributed by atoms with Crippen LogP contribution in [0.15, 0.2) is 41.2 Å². The molecule has 0 bridgehead atoms. The number of fused-ring (bicyclic) bond motifs is 5. The van der Waals surface area contributed by atoms with Crippen LogP contribution in [0.1, 0.15) is 35.6 Å². The van der Waals surface area contributed by atoms with Crippen molar-refractivity contribution in [3.05, 3.63) is 69.0 Å². The molecule has 1 aromatic carbocycles. The number of benzene rings is 1. The number of ether oxygens (including phenoxy) is 2. The van der Waals surface area contributed by atoms with E-state index in [2.05, 4.69) is 11.9 Å². The number of cyclic esters (lactones) is 1. The monoisotopic (exact) mass is 534 g/mol. The predicted octanol–water partition coefficient (Wildman–Crippen LogP) is 0.674. The van der Waals surface area contributed by atoms with Crippen LogP contribution >= 0.6 is 0 Å². The highest BCUT2D eigenvalue weighted by Gasteiger charge is 2.45. The lowest BCUT2D eigenvalue weighted by Crippen LogP contribution is -2.44. The van der Waals surface area contributed by atoms with E-state index in [-0.39, 0.29) is 61.9 Å². The van der Waals surface area contributed by atoms with Gasteiger partial charge in [0.05, 0.1) is 41.1 Å². The molecule has 2 aliphatic rings. The number of nitrogens with zero attached hydrogens (tertiary/aromatic N) is 2. The zero-order chi connectivity index (χ0) is 28.1. The molecule has 0 unspecified atom stereocenters. The number of amides is 1. The normalized spacial score (nSPS) is 17.2. The zero-order valence-corrected chi connectivity index (χ0v) is 21.1. The number of carbonyl (C=O) groups is 3. The van der Waals surface area contributed by atoms with Crippen LogP contribution in [0.5, 0.6) is 5.75 Å². The number of esters is 1. The fraction of sp³-hybridized carbons (Fsp3) is 0.296. The Morgan fingerprint density at radius 1 is 1.28 bits per heavy atom. The van der Waals surface area contributed by atoms with Gasteiger partial charge in [-0.1, -0.05) is 13.5 Å². The van der Waals surface area contributed by atoms with Crippen molar-refractivity contribution in [1.82, 2.24) is 14.9 Å². The van der Waals surface area contributed by atoms with Gasteiger partial charge in [0.15, 0.2) is 5.60 Å². The van der Waals surface area contributed by atoms with Gasteiger partial charge >= 0.3 is 11.9 Å². The molecule has 0 fully saturated rings. The number of aromatic nitrogens is 2. The third kappa shape index (κ3) is 4.23. The highest BCUT2D eigenvalue weighted by atomic mass is 16.6. The van der Waals surface area contributed by atoms with Crippen LogP contribution in [0.3, 0.4) is 0 Å². The summed E-state index contributed by atoms with van der Waals surface area (Å²) in [6, 6.07) is 6.60. The minimum Gasteiger partial charge on any atom is -0.489 e. The standard InChI is InChI=1S/C27H26N4O8/c1-3-27(37)19-7-21-23-17(10-31(21)24(33)18(19)12-39-26(27)36)16(9-29-22(32)8-28)15-6-14(4-5-20(15)30-23)38-11-13(2)25(34)35/h4-7,37H,2-3,8-12,28H2,1H3,(H,29,32)(H,34,35)/t27-/m0/s1. The van der Waals surface area contributed by atoms with Crippen molar-refractivity contribution in [2.24, 2.45) is 5.73 Å². The summed E-state index contributed by atoms with van der Waals surface area (Å²) in [4.78, 5) is 53.9. The minimum absolute atomic E-state index is 0.0210. The van der Waals surface area contributed by atoms with Crippen LogP contribution in [-0.4, -0.2) is 50.8 Å². The number of aliphatic carboxylic acids is 1. The highest BCUT2D eigenvalue weighted by molar-refractivity contribution is 5.90. The van der Waals surface area contributed by atoms with E-state index in [1.807, 2.05) is 0 Å². The van der Waals surface area contributed by atoms with E-state index in [9.17, 15) is 24.3 Å². The highest BCUT2D eigenvalue weighted by Crippen LogP contribution is 2.40. The lowest BCUT2D eigenvalue weighted by Gasteiger charge is -2.31. The average molecular weight is 535 g/mol. The van der Waals surface area contributed by atoms with E-state index in [0.29, 0.717) is 39.2 Å². The molecule has 0 spiro atoms. The number of hydrogen-bond acceptors (Lipinski definition) is 9. The van der Waals surface area contributed by atoms with Gasteiger partial charge in [-0.2, -0.15) is 0 Å². The average Bonchev–Trinajstić information content (AvgIpc) is 3.30. The molecule has 0 radical (unpaired) electrons. The van der Waals surface area contributed by atoms with Crippen LogP contribution in [0, 0.1) is 0 Å². The number of aliphatic hydroxyl groups is 1. The molecule has 1 atom stereocenters. The van der Waals surface area contributed by atoms with Crippen molar-refractivity contribution in [3.63, 3.8) is 0 Å². The maximum atomic E-state index is 13.5. The smallest absolute Gasteiger partial charge is 0.343 e. The molecule has 12 nitrogen and oxygen atoms in total. The van der Waals surface area contributed by atoms with E-state index < -0.39 is 23.1 Å². The van der Waals surface area contributed by atoms with Crippen molar-refractivity contribution in [3.8, 4) is 17.1 Å². The van der Waals surface area contributed by atoms with E-state index in [1.165, 1.54) is 4.57 Å². The van der Waals surface area contributed by atoms with E-state index in [0.717, 1.165) is 0 Å². The number of nitrogens with two attached hydrogens (primary N) is 1. The maximum Gasteiger partial charge on any atom is 0.343 e. The van der Waals surface area contributed by atoms with Gasteiger partial charge in [-0.3, -0.25) is 9.59 Å². The number of nitrogens with one attached hydrogen (secondary N) is 1. The Labute approximate surface area is 221 Å². The third-order valence-electron chi connectivity index (χ3n) is 7.14. The van der Waals surface area contributed by atoms with E-state index in [4.69, 9.17) is 25.3 Å². The molecule has 0 saturated heterocycles. The SMILES string of the molecule is C=C(COc1ccc2nc3c(c(CNC(=O)CN)c2c1)Cn1c-3cc2c(c1=O)COC(=O)[C@]2(O)CC)C(=O)O. The first kappa shape index (κ1) is 26.1. The largest absolute Gasteiger partial charge is 0.489 e. The van der Waals surface area contributed by atoms with Crippen LogP contribution in [0.2, 0.25) is 0 Å². The molecular weight excluding hydrogens is 508 g/mol. The molecule has 39 heavy (non-hydrogen) atoms. The number of carboxylic acids is 1. The molecule has 3 aromatic rings.